The Morgan fingerprint density at radius 2 is 1.89 bits per heavy atom. The largest absolute Gasteiger partial charge is 0.488 e. The minimum absolute atomic E-state index is 0.0166. The molecule has 0 aliphatic heterocycles. The molecule has 3 rings (SSSR count). The number of hydrogen-bond donors (Lipinski definition) is 2. The van der Waals surface area contributed by atoms with E-state index in [2.05, 4.69) is 10.5 Å². The predicted octanol–water partition coefficient (Wildman–Crippen LogP) is 4.60. The molecule has 144 valence electrons. The molecule has 0 fully saturated rings. The molecule has 28 heavy (non-hydrogen) atoms. The van der Waals surface area contributed by atoms with Crippen molar-refractivity contribution in [3.05, 3.63) is 77.4 Å². The molecular weight excluding hydrogens is 387 g/mol. The number of alkyl halides is 3. The molecule has 0 atom stereocenters. The third-order valence-corrected chi connectivity index (χ3v) is 4.04. The van der Waals surface area contributed by atoms with Crippen molar-refractivity contribution in [3.8, 4) is 5.75 Å². The van der Waals surface area contributed by atoms with E-state index < -0.39 is 11.7 Å². The fraction of sp³-hybridized carbons (Fsp3) is 0.100. The summed E-state index contributed by atoms with van der Waals surface area (Å²) < 4.78 is 44.5. The minimum Gasteiger partial charge on any atom is -0.488 e. The van der Waals surface area contributed by atoms with Crippen LogP contribution in [0, 0.1) is 0 Å². The summed E-state index contributed by atoms with van der Waals surface area (Å²) in [6, 6.07) is 16.3. The summed E-state index contributed by atoms with van der Waals surface area (Å²) in [5.74, 6) is 0.476. The summed E-state index contributed by atoms with van der Waals surface area (Å²) in [7, 11) is 0. The van der Waals surface area contributed by atoms with Gasteiger partial charge in [0.25, 0.3) is 0 Å². The lowest BCUT2D eigenvalue weighted by Crippen LogP contribution is -2.24. The Morgan fingerprint density at radius 1 is 1.11 bits per heavy atom. The van der Waals surface area contributed by atoms with E-state index in [0.717, 1.165) is 22.9 Å². The Balaban J connectivity index is 1.90. The molecule has 0 saturated carbocycles. The molecule has 0 spiro atoms. The van der Waals surface area contributed by atoms with E-state index in [9.17, 15) is 13.2 Å². The molecule has 0 bridgehead atoms. The lowest BCUT2D eigenvalue weighted by molar-refractivity contribution is -0.137. The number of thiocarbonyl (C=S) groups is 1. The Morgan fingerprint density at radius 3 is 2.64 bits per heavy atom. The maximum absolute atomic E-state index is 12.9. The smallest absolute Gasteiger partial charge is 0.416 e. The molecule has 3 N–H and O–H groups in total. The van der Waals surface area contributed by atoms with E-state index in [4.69, 9.17) is 22.7 Å². The third-order valence-electron chi connectivity index (χ3n) is 3.95. The number of rotatable bonds is 5. The number of ether oxygens (including phenoxy) is 1. The highest BCUT2D eigenvalue weighted by atomic mass is 32.1. The van der Waals surface area contributed by atoms with Gasteiger partial charge in [0.15, 0.2) is 5.11 Å². The van der Waals surface area contributed by atoms with Gasteiger partial charge in [-0.2, -0.15) is 18.3 Å². The van der Waals surface area contributed by atoms with Crippen LogP contribution in [-0.2, 0) is 12.8 Å². The van der Waals surface area contributed by atoms with Crippen LogP contribution in [0.15, 0.2) is 65.8 Å². The van der Waals surface area contributed by atoms with Crippen LogP contribution < -0.4 is 15.9 Å². The van der Waals surface area contributed by atoms with E-state index in [1.54, 1.807) is 12.1 Å². The first-order valence-corrected chi connectivity index (χ1v) is 8.64. The second-order valence-electron chi connectivity index (χ2n) is 5.92. The van der Waals surface area contributed by atoms with Crippen LogP contribution in [0.1, 0.15) is 16.7 Å². The second-order valence-corrected chi connectivity index (χ2v) is 6.36. The molecule has 4 nitrogen and oxygen atoms in total. The van der Waals surface area contributed by atoms with Crippen LogP contribution in [0.3, 0.4) is 0 Å². The number of nitrogens with two attached hydrogens (primary N) is 1. The van der Waals surface area contributed by atoms with E-state index in [-0.39, 0.29) is 11.7 Å². The van der Waals surface area contributed by atoms with Gasteiger partial charge in [0.1, 0.15) is 12.4 Å². The molecule has 0 amide bonds. The molecule has 0 heterocycles. The van der Waals surface area contributed by atoms with Crippen molar-refractivity contribution in [1.29, 1.82) is 0 Å². The van der Waals surface area contributed by atoms with Gasteiger partial charge in [0, 0.05) is 5.56 Å². The van der Waals surface area contributed by atoms with E-state index in [0.29, 0.717) is 16.9 Å². The highest BCUT2D eigenvalue weighted by molar-refractivity contribution is 7.80. The van der Waals surface area contributed by atoms with Crippen LogP contribution in [-0.4, -0.2) is 11.3 Å². The quantitative estimate of drug-likeness (QED) is 0.371. The number of nitrogens with one attached hydrogen (secondary N) is 1. The van der Waals surface area contributed by atoms with Crippen LogP contribution in [0.2, 0.25) is 0 Å². The maximum atomic E-state index is 12.9. The second kappa shape index (κ2) is 8.26. The fourth-order valence-corrected chi connectivity index (χ4v) is 2.75. The van der Waals surface area contributed by atoms with Gasteiger partial charge in [0.05, 0.1) is 11.8 Å². The van der Waals surface area contributed by atoms with Crippen molar-refractivity contribution in [2.45, 2.75) is 12.8 Å². The fourth-order valence-electron chi connectivity index (χ4n) is 2.69. The van der Waals surface area contributed by atoms with Crippen LogP contribution in [0.4, 0.5) is 13.2 Å². The first kappa shape index (κ1) is 19.6. The Bertz CT molecular complexity index is 1030. The summed E-state index contributed by atoms with van der Waals surface area (Å²) in [5, 5.41) is 5.84. The van der Waals surface area contributed by atoms with Crippen molar-refractivity contribution in [3.63, 3.8) is 0 Å². The first-order chi connectivity index (χ1) is 13.3. The topological polar surface area (TPSA) is 59.6 Å². The number of nitrogens with zero attached hydrogens (tertiary/aromatic N) is 1. The summed E-state index contributed by atoms with van der Waals surface area (Å²) in [4.78, 5) is 0. The Kier molecular flexibility index (Phi) is 5.79. The standard InChI is InChI=1S/C20H16F3N3OS/c21-20(22,23)15-6-3-4-13(10-15)12-27-18-9-8-14-5-1-2-7-16(14)17(18)11-25-26-19(24)28/h1-11H,12H2,(H3,24,26,28)/b25-11-. The summed E-state index contributed by atoms with van der Waals surface area (Å²) in [6.07, 6.45) is -2.88. The van der Waals surface area contributed by atoms with E-state index in [1.807, 2.05) is 30.3 Å². The number of hydrogen-bond acceptors (Lipinski definition) is 3. The maximum Gasteiger partial charge on any atom is 0.416 e. The van der Waals surface area contributed by atoms with Crippen LogP contribution in [0.25, 0.3) is 10.8 Å². The minimum atomic E-state index is -4.40. The molecule has 0 saturated heterocycles. The molecule has 0 radical (unpaired) electrons. The first-order valence-electron chi connectivity index (χ1n) is 8.24. The normalized spacial score (nSPS) is 11.7. The van der Waals surface area contributed by atoms with Crippen molar-refractivity contribution in [2.24, 2.45) is 10.8 Å². The number of hydrazone groups is 1. The molecule has 3 aromatic rings. The van der Waals surface area contributed by atoms with Gasteiger partial charge in [-0.05, 0) is 46.8 Å². The lowest BCUT2D eigenvalue weighted by Gasteiger charge is -2.13. The average Bonchev–Trinajstić information content (AvgIpc) is 2.66. The van der Waals surface area contributed by atoms with Crippen molar-refractivity contribution in [1.82, 2.24) is 5.43 Å². The zero-order valence-electron chi connectivity index (χ0n) is 14.5. The SMILES string of the molecule is NC(=S)N/N=C\c1c(OCc2cccc(C(F)(F)F)c2)ccc2ccccc12. The van der Waals surface area contributed by atoms with E-state index >= 15 is 0 Å². The monoisotopic (exact) mass is 403 g/mol. The molecule has 0 aromatic heterocycles. The van der Waals surface area contributed by atoms with Crippen LogP contribution in [0.5, 0.6) is 5.75 Å². The molecule has 0 unspecified atom stereocenters. The average molecular weight is 403 g/mol. The number of halogens is 3. The van der Waals surface area contributed by atoms with Crippen molar-refractivity contribution >= 4 is 34.3 Å². The number of fused-ring (bicyclic) bond motifs is 1. The lowest BCUT2D eigenvalue weighted by atomic mass is 10.0. The highest BCUT2D eigenvalue weighted by Crippen LogP contribution is 2.31. The molecular formula is C20H16F3N3OS. The van der Waals surface area contributed by atoms with Gasteiger partial charge in [-0.1, -0.05) is 42.5 Å². The summed E-state index contributed by atoms with van der Waals surface area (Å²) in [5.41, 5.74) is 8.21. The zero-order valence-corrected chi connectivity index (χ0v) is 15.3. The van der Waals surface area contributed by atoms with Crippen molar-refractivity contribution < 1.29 is 17.9 Å². The summed E-state index contributed by atoms with van der Waals surface area (Å²) >= 11 is 4.73. The number of benzene rings is 3. The molecule has 3 aromatic carbocycles. The third kappa shape index (κ3) is 4.77. The van der Waals surface area contributed by atoms with E-state index in [1.165, 1.54) is 12.3 Å². The molecule has 0 aliphatic carbocycles. The van der Waals surface area contributed by atoms with Gasteiger partial charge >= 0.3 is 6.18 Å². The Hall–Kier alpha value is -3.13. The van der Waals surface area contributed by atoms with Gasteiger partial charge in [0.2, 0.25) is 0 Å². The highest BCUT2D eigenvalue weighted by Gasteiger charge is 2.30. The predicted molar refractivity (Wildman–Crippen MR) is 107 cm³/mol. The Labute approximate surface area is 164 Å². The zero-order chi connectivity index (χ0) is 20.1. The van der Waals surface area contributed by atoms with Gasteiger partial charge < -0.3 is 10.5 Å². The van der Waals surface area contributed by atoms with Crippen LogP contribution >= 0.6 is 12.2 Å². The van der Waals surface area contributed by atoms with Gasteiger partial charge in [-0.15, -0.1) is 0 Å². The van der Waals surface area contributed by atoms with Gasteiger partial charge in [-0.25, -0.2) is 0 Å². The molecule has 8 heteroatoms. The summed E-state index contributed by atoms with van der Waals surface area (Å²) in [6.45, 7) is -0.0220. The van der Waals surface area contributed by atoms with Gasteiger partial charge in [-0.3, -0.25) is 5.43 Å². The van der Waals surface area contributed by atoms with Crippen molar-refractivity contribution in [2.75, 3.05) is 0 Å². The molecule has 0 aliphatic rings.